The van der Waals surface area contributed by atoms with Crippen LogP contribution in [0.5, 0.6) is 0 Å². The summed E-state index contributed by atoms with van der Waals surface area (Å²) in [6, 6.07) is 8.25. The van der Waals surface area contributed by atoms with Gasteiger partial charge in [-0.25, -0.2) is 0 Å². The molecule has 1 aliphatic rings. The van der Waals surface area contributed by atoms with Gasteiger partial charge in [-0.3, -0.25) is 4.79 Å². The van der Waals surface area contributed by atoms with Crippen molar-refractivity contribution in [2.75, 3.05) is 0 Å². The normalized spacial score (nSPS) is 24.3. The Morgan fingerprint density at radius 1 is 1.17 bits per heavy atom. The number of nitrogens with one attached hydrogen (secondary N) is 1. The predicted octanol–water partition coefficient (Wildman–Crippen LogP) is 2.87. The fourth-order valence-electron chi connectivity index (χ4n) is 2.88. The number of carbonyl (C=O) groups is 1. The van der Waals surface area contributed by atoms with Gasteiger partial charge < -0.3 is 10.7 Å². The number of hydrogen-bond acceptors (Lipinski definition) is 2. The monoisotopic (exact) mass is 242 g/mol. The number of benzene rings is 1. The Hall–Kier alpha value is -1.61. The van der Waals surface area contributed by atoms with Gasteiger partial charge >= 0.3 is 0 Å². The Labute approximate surface area is 106 Å². The Kier molecular flexibility index (Phi) is 2.92. The second-order valence-corrected chi connectivity index (χ2v) is 5.22. The summed E-state index contributed by atoms with van der Waals surface area (Å²) < 4.78 is 0. The SMILES string of the molecule is NC1CCC(C(=O)c2c[nH]c3ccccc23)CC1. The van der Waals surface area contributed by atoms with E-state index in [1.165, 1.54) is 0 Å². The highest BCUT2D eigenvalue weighted by Gasteiger charge is 2.26. The molecule has 18 heavy (non-hydrogen) atoms. The lowest BCUT2D eigenvalue weighted by molar-refractivity contribution is 0.0886. The molecule has 0 radical (unpaired) electrons. The van der Waals surface area contributed by atoms with E-state index in [-0.39, 0.29) is 17.7 Å². The molecule has 1 fully saturated rings. The third kappa shape index (κ3) is 1.95. The predicted molar refractivity (Wildman–Crippen MR) is 72.6 cm³/mol. The van der Waals surface area contributed by atoms with Crippen molar-refractivity contribution in [2.24, 2.45) is 11.7 Å². The summed E-state index contributed by atoms with van der Waals surface area (Å²) in [4.78, 5) is 15.7. The van der Waals surface area contributed by atoms with Gasteiger partial charge in [0.25, 0.3) is 0 Å². The molecule has 1 saturated carbocycles. The van der Waals surface area contributed by atoms with Crippen LogP contribution < -0.4 is 5.73 Å². The second-order valence-electron chi connectivity index (χ2n) is 5.22. The Bertz CT molecular complexity index is 565. The zero-order valence-corrected chi connectivity index (χ0v) is 10.4. The highest BCUT2D eigenvalue weighted by Crippen LogP contribution is 2.29. The number of H-pyrrole nitrogens is 1. The molecule has 0 amide bonds. The molecule has 0 bridgehead atoms. The van der Waals surface area contributed by atoms with Crippen LogP contribution in [0.25, 0.3) is 10.9 Å². The summed E-state index contributed by atoms with van der Waals surface area (Å²) in [6.45, 7) is 0. The van der Waals surface area contributed by atoms with E-state index < -0.39 is 0 Å². The molecule has 3 heteroatoms. The molecule has 0 spiro atoms. The molecule has 2 aromatic rings. The highest BCUT2D eigenvalue weighted by atomic mass is 16.1. The molecule has 1 aromatic heterocycles. The summed E-state index contributed by atoms with van der Waals surface area (Å²) in [5.41, 5.74) is 7.76. The first-order valence-corrected chi connectivity index (χ1v) is 6.61. The molecule has 0 atom stereocenters. The summed E-state index contributed by atoms with van der Waals surface area (Å²) in [6.07, 6.45) is 5.65. The zero-order chi connectivity index (χ0) is 12.5. The van der Waals surface area contributed by atoms with Crippen LogP contribution in [-0.4, -0.2) is 16.8 Å². The molecule has 3 rings (SSSR count). The number of rotatable bonds is 2. The van der Waals surface area contributed by atoms with Crippen molar-refractivity contribution in [3.8, 4) is 0 Å². The molecule has 0 aliphatic heterocycles. The Morgan fingerprint density at radius 3 is 2.67 bits per heavy atom. The molecule has 1 heterocycles. The molecule has 3 N–H and O–H groups in total. The molecule has 1 aliphatic carbocycles. The first kappa shape index (κ1) is 11.5. The second kappa shape index (κ2) is 4.58. The smallest absolute Gasteiger partial charge is 0.168 e. The molecule has 3 nitrogen and oxygen atoms in total. The van der Waals surface area contributed by atoms with Crippen LogP contribution >= 0.6 is 0 Å². The lowest BCUT2D eigenvalue weighted by atomic mass is 9.82. The van der Waals surface area contributed by atoms with Crippen LogP contribution in [0.2, 0.25) is 0 Å². The van der Waals surface area contributed by atoms with Crippen LogP contribution in [-0.2, 0) is 0 Å². The highest BCUT2D eigenvalue weighted by molar-refractivity contribution is 6.08. The van der Waals surface area contributed by atoms with Crippen LogP contribution in [0.3, 0.4) is 0 Å². The molecular weight excluding hydrogens is 224 g/mol. The number of Topliss-reactive ketones (excluding diaryl/α,β-unsaturated/α-hetero) is 1. The van der Waals surface area contributed by atoms with E-state index in [1.54, 1.807) is 0 Å². The minimum absolute atomic E-state index is 0.156. The van der Waals surface area contributed by atoms with E-state index in [2.05, 4.69) is 4.98 Å². The summed E-state index contributed by atoms with van der Waals surface area (Å²) in [5, 5.41) is 1.04. The standard InChI is InChI=1S/C15H18N2O/c16-11-7-5-10(6-8-11)15(18)13-9-17-14-4-2-1-3-12(13)14/h1-4,9-11,17H,5-8,16H2. The Balaban J connectivity index is 1.88. The third-order valence-corrected chi connectivity index (χ3v) is 4.00. The molecule has 94 valence electrons. The van der Waals surface area contributed by atoms with Crippen LogP contribution in [0.4, 0.5) is 0 Å². The van der Waals surface area contributed by atoms with E-state index in [0.29, 0.717) is 0 Å². The van der Waals surface area contributed by atoms with Crippen molar-refractivity contribution in [1.29, 1.82) is 0 Å². The van der Waals surface area contributed by atoms with Gasteiger partial charge in [0.05, 0.1) is 0 Å². The van der Waals surface area contributed by atoms with Gasteiger partial charge in [0.15, 0.2) is 5.78 Å². The number of aromatic amines is 1. The van der Waals surface area contributed by atoms with Crippen molar-refractivity contribution in [1.82, 2.24) is 4.98 Å². The van der Waals surface area contributed by atoms with Crippen molar-refractivity contribution in [2.45, 2.75) is 31.7 Å². The van der Waals surface area contributed by atoms with E-state index in [1.807, 2.05) is 30.5 Å². The quantitative estimate of drug-likeness (QED) is 0.795. The van der Waals surface area contributed by atoms with Gasteiger partial charge in [-0.1, -0.05) is 18.2 Å². The topological polar surface area (TPSA) is 58.9 Å². The number of para-hydroxylation sites is 1. The lowest BCUT2D eigenvalue weighted by Gasteiger charge is -2.24. The largest absolute Gasteiger partial charge is 0.360 e. The molecule has 1 aromatic carbocycles. The third-order valence-electron chi connectivity index (χ3n) is 4.00. The number of ketones is 1. The van der Waals surface area contributed by atoms with Gasteiger partial charge in [0, 0.05) is 34.6 Å². The first-order valence-electron chi connectivity index (χ1n) is 6.61. The zero-order valence-electron chi connectivity index (χ0n) is 10.4. The number of carbonyl (C=O) groups excluding carboxylic acids is 1. The van der Waals surface area contributed by atoms with E-state index >= 15 is 0 Å². The minimum Gasteiger partial charge on any atom is -0.360 e. The number of nitrogens with two attached hydrogens (primary N) is 1. The van der Waals surface area contributed by atoms with Crippen molar-refractivity contribution in [3.63, 3.8) is 0 Å². The lowest BCUT2D eigenvalue weighted by Crippen LogP contribution is -2.29. The molecular formula is C15H18N2O. The van der Waals surface area contributed by atoms with Crippen molar-refractivity contribution in [3.05, 3.63) is 36.0 Å². The van der Waals surface area contributed by atoms with Crippen LogP contribution in [0.15, 0.2) is 30.5 Å². The van der Waals surface area contributed by atoms with Gasteiger partial charge in [-0.05, 0) is 31.7 Å². The first-order chi connectivity index (χ1) is 8.75. The molecule has 0 unspecified atom stereocenters. The van der Waals surface area contributed by atoms with Gasteiger partial charge in [0.1, 0.15) is 0 Å². The van der Waals surface area contributed by atoms with Crippen molar-refractivity contribution >= 4 is 16.7 Å². The van der Waals surface area contributed by atoms with Gasteiger partial charge in [-0.2, -0.15) is 0 Å². The number of hydrogen-bond donors (Lipinski definition) is 2. The minimum atomic E-state index is 0.156. The van der Waals surface area contributed by atoms with Crippen LogP contribution in [0, 0.1) is 5.92 Å². The maximum Gasteiger partial charge on any atom is 0.168 e. The molecule has 0 saturated heterocycles. The van der Waals surface area contributed by atoms with E-state index in [9.17, 15) is 4.79 Å². The average Bonchev–Trinajstić information content (AvgIpc) is 2.82. The van der Waals surface area contributed by atoms with Crippen molar-refractivity contribution < 1.29 is 4.79 Å². The van der Waals surface area contributed by atoms with Gasteiger partial charge in [0.2, 0.25) is 0 Å². The van der Waals surface area contributed by atoms with E-state index in [4.69, 9.17) is 5.73 Å². The summed E-state index contributed by atoms with van der Waals surface area (Å²) in [7, 11) is 0. The average molecular weight is 242 g/mol. The van der Waals surface area contributed by atoms with Crippen LogP contribution in [0.1, 0.15) is 36.0 Å². The maximum atomic E-state index is 12.5. The van der Waals surface area contributed by atoms with E-state index in [0.717, 1.165) is 42.1 Å². The maximum absolute atomic E-state index is 12.5. The van der Waals surface area contributed by atoms with Gasteiger partial charge in [-0.15, -0.1) is 0 Å². The fourth-order valence-corrected chi connectivity index (χ4v) is 2.88. The fraction of sp³-hybridized carbons (Fsp3) is 0.400. The Morgan fingerprint density at radius 2 is 1.89 bits per heavy atom. The number of aromatic nitrogens is 1. The summed E-state index contributed by atoms with van der Waals surface area (Å²) in [5.74, 6) is 0.434. The number of fused-ring (bicyclic) bond motifs is 1. The summed E-state index contributed by atoms with van der Waals surface area (Å²) >= 11 is 0.